The predicted molar refractivity (Wildman–Crippen MR) is 77.8 cm³/mol. The summed E-state index contributed by atoms with van der Waals surface area (Å²) < 4.78 is 0. The highest BCUT2D eigenvalue weighted by molar-refractivity contribution is 5.85. The van der Waals surface area contributed by atoms with Gasteiger partial charge in [0.15, 0.2) is 0 Å². The minimum atomic E-state index is -1.20. The fourth-order valence-electron chi connectivity index (χ4n) is 2.57. The van der Waals surface area contributed by atoms with Gasteiger partial charge in [0, 0.05) is 12.6 Å². The highest BCUT2D eigenvalue weighted by Crippen LogP contribution is 2.13. The number of nitrogens with one attached hydrogen (secondary N) is 2. The summed E-state index contributed by atoms with van der Waals surface area (Å²) in [5, 5.41) is 14.6. The number of rotatable bonds is 7. The highest BCUT2D eigenvalue weighted by atomic mass is 16.4. The highest BCUT2D eigenvalue weighted by Gasteiger charge is 2.33. The van der Waals surface area contributed by atoms with Crippen LogP contribution >= 0.6 is 0 Å². The van der Waals surface area contributed by atoms with Gasteiger partial charge in [0.1, 0.15) is 5.54 Å². The minimum Gasteiger partial charge on any atom is -0.480 e. The lowest BCUT2D eigenvalue weighted by atomic mass is 9.97. The van der Waals surface area contributed by atoms with Crippen LogP contribution in [0.4, 0.5) is 4.79 Å². The summed E-state index contributed by atoms with van der Waals surface area (Å²) in [5.74, 6) is -0.998. The number of aliphatic carboxylic acids is 1. The van der Waals surface area contributed by atoms with Gasteiger partial charge < -0.3 is 15.7 Å². The van der Waals surface area contributed by atoms with Gasteiger partial charge in [-0.25, -0.2) is 9.59 Å². The van der Waals surface area contributed by atoms with E-state index in [0.29, 0.717) is 19.4 Å². The summed E-state index contributed by atoms with van der Waals surface area (Å²) in [5.41, 5.74) is -1.20. The van der Waals surface area contributed by atoms with E-state index in [1.54, 1.807) is 6.92 Å². The Bertz CT molecular complexity index is 343. The summed E-state index contributed by atoms with van der Waals surface area (Å²) in [6.45, 7) is 8.21. The van der Waals surface area contributed by atoms with Crippen molar-refractivity contribution in [3.8, 4) is 0 Å². The molecule has 1 heterocycles. The van der Waals surface area contributed by atoms with Crippen molar-refractivity contribution in [2.24, 2.45) is 0 Å². The van der Waals surface area contributed by atoms with Gasteiger partial charge in [-0.3, -0.25) is 4.90 Å². The summed E-state index contributed by atoms with van der Waals surface area (Å²) in [7, 11) is 0. The zero-order valence-electron chi connectivity index (χ0n) is 12.7. The predicted octanol–water partition coefficient (Wildman–Crippen LogP) is 1.41. The van der Waals surface area contributed by atoms with Gasteiger partial charge in [-0.15, -0.1) is 0 Å². The van der Waals surface area contributed by atoms with Crippen molar-refractivity contribution < 1.29 is 14.7 Å². The quantitative estimate of drug-likeness (QED) is 0.660. The van der Waals surface area contributed by atoms with Crippen LogP contribution in [0.2, 0.25) is 0 Å². The van der Waals surface area contributed by atoms with E-state index in [-0.39, 0.29) is 6.04 Å². The molecule has 2 unspecified atom stereocenters. The first-order chi connectivity index (χ1) is 9.39. The summed E-state index contributed by atoms with van der Waals surface area (Å²) in [6, 6.07) is -0.125. The summed E-state index contributed by atoms with van der Waals surface area (Å²) >= 11 is 0. The molecule has 0 aliphatic carbocycles. The van der Waals surface area contributed by atoms with Gasteiger partial charge in [0.2, 0.25) is 0 Å². The summed E-state index contributed by atoms with van der Waals surface area (Å²) in [6.07, 6.45) is 3.54. The lowest BCUT2D eigenvalue weighted by Crippen LogP contribution is -2.56. The molecule has 1 fully saturated rings. The van der Waals surface area contributed by atoms with E-state index in [4.69, 9.17) is 0 Å². The number of hydrogen-bond acceptors (Lipinski definition) is 3. The second-order valence-corrected chi connectivity index (χ2v) is 5.81. The molecule has 3 N–H and O–H groups in total. The molecule has 1 aliphatic heterocycles. The van der Waals surface area contributed by atoms with Gasteiger partial charge in [0.05, 0.1) is 0 Å². The molecular formula is C14H27N3O3. The van der Waals surface area contributed by atoms with E-state index < -0.39 is 17.5 Å². The maximum absolute atomic E-state index is 11.9. The van der Waals surface area contributed by atoms with Crippen molar-refractivity contribution in [3.63, 3.8) is 0 Å². The Balaban J connectivity index is 2.39. The number of amides is 2. The molecule has 0 saturated carbocycles. The van der Waals surface area contributed by atoms with Crippen LogP contribution in [0.5, 0.6) is 0 Å². The third-order valence-electron chi connectivity index (χ3n) is 3.93. The van der Waals surface area contributed by atoms with Crippen LogP contribution in [0, 0.1) is 0 Å². The largest absolute Gasteiger partial charge is 0.480 e. The molecule has 6 heteroatoms. The molecule has 1 rings (SSSR count). The summed E-state index contributed by atoms with van der Waals surface area (Å²) in [4.78, 5) is 25.4. The first kappa shape index (κ1) is 16.8. The molecule has 0 spiro atoms. The Morgan fingerprint density at radius 1 is 1.35 bits per heavy atom. The molecule has 6 nitrogen and oxygen atoms in total. The maximum Gasteiger partial charge on any atom is 0.329 e. The number of urea groups is 1. The first-order valence-electron chi connectivity index (χ1n) is 7.42. The number of carboxylic acids is 1. The number of carbonyl (C=O) groups excluding carboxylic acids is 1. The molecular weight excluding hydrogens is 258 g/mol. The number of hydrogen-bond donors (Lipinski definition) is 3. The molecule has 0 aromatic rings. The monoisotopic (exact) mass is 285 g/mol. The molecule has 2 atom stereocenters. The van der Waals surface area contributed by atoms with Gasteiger partial charge in [-0.2, -0.15) is 0 Å². The first-order valence-corrected chi connectivity index (χ1v) is 7.42. The number of carboxylic acid groups (broad SMARTS) is 1. The van der Waals surface area contributed by atoms with Gasteiger partial charge in [0.25, 0.3) is 0 Å². The Kier molecular flexibility index (Phi) is 6.26. The van der Waals surface area contributed by atoms with E-state index in [9.17, 15) is 14.7 Å². The number of carbonyl (C=O) groups is 2. The van der Waals surface area contributed by atoms with Crippen molar-refractivity contribution in [2.45, 2.75) is 58.0 Å². The van der Waals surface area contributed by atoms with E-state index in [1.807, 2.05) is 6.92 Å². The molecule has 0 radical (unpaired) electrons. The van der Waals surface area contributed by atoms with Crippen molar-refractivity contribution in [1.82, 2.24) is 15.5 Å². The molecule has 2 amide bonds. The van der Waals surface area contributed by atoms with E-state index in [1.165, 1.54) is 12.8 Å². The normalized spacial score (nSPS) is 20.1. The molecule has 0 aromatic heterocycles. The smallest absolute Gasteiger partial charge is 0.329 e. The van der Waals surface area contributed by atoms with Gasteiger partial charge in [-0.1, -0.05) is 13.3 Å². The van der Waals surface area contributed by atoms with Crippen molar-refractivity contribution in [2.75, 3.05) is 19.6 Å². The Morgan fingerprint density at radius 3 is 2.45 bits per heavy atom. The van der Waals surface area contributed by atoms with Crippen LogP contribution in [-0.2, 0) is 4.79 Å². The Morgan fingerprint density at radius 2 is 1.95 bits per heavy atom. The number of nitrogens with zero attached hydrogens (tertiary/aromatic N) is 1. The fraction of sp³-hybridized carbons (Fsp3) is 0.857. The third-order valence-corrected chi connectivity index (χ3v) is 3.93. The minimum absolute atomic E-state index is 0.283. The number of likely N-dealkylation sites (tertiary alicyclic amines) is 1. The third kappa shape index (κ3) is 4.67. The molecule has 1 saturated heterocycles. The Labute approximate surface area is 120 Å². The van der Waals surface area contributed by atoms with Crippen molar-refractivity contribution >= 4 is 12.0 Å². The van der Waals surface area contributed by atoms with E-state index >= 15 is 0 Å². The van der Waals surface area contributed by atoms with E-state index in [2.05, 4.69) is 22.5 Å². The molecule has 0 bridgehead atoms. The van der Waals surface area contributed by atoms with Gasteiger partial charge in [-0.05, 0) is 46.2 Å². The standard InChI is InChI=1S/C14H27N3O3/c1-4-7-14(3,12(18)19)16-13(20)15-10-11(2)17-8-5-6-9-17/h11H,4-10H2,1-3H3,(H,18,19)(H2,15,16,20). The van der Waals surface area contributed by atoms with Crippen LogP contribution in [0.1, 0.15) is 46.5 Å². The topological polar surface area (TPSA) is 81.7 Å². The molecule has 1 aliphatic rings. The molecule has 0 aromatic carbocycles. The van der Waals surface area contributed by atoms with Crippen LogP contribution in [0.25, 0.3) is 0 Å². The second kappa shape index (κ2) is 7.47. The fourth-order valence-corrected chi connectivity index (χ4v) is 2.57. The van der Waals surface area contributed by atoms with E-state index in [0.717, 1.165) is 13.1 Å². The second-order valence-electron chi connectivity index (χ2n) is 5.81. The zero-order valence-corrected chi connectivity index (χ0v) is 12.7. The SMILES string of the molecule is CCCC(C)(NC(=O)NCC(C)N1CCCC1)C(=O)O. The van der Waals surface area contributed by atoms with Crippen LogP contribution in [0.3, 0.4) is 0 Å². The van der Waals surface area contributed by atoms with Crippen LogP contribution in [-0.4, -0.2) is 53.2 Å². The zero-order chi connectivity index (χ0) is 15.2. The van der Waals surface area contributed by atoms with Gasteiger partial charge >= 0.3 is 12.0 Å². The average molecular weight is 285 g/mol. The molecule has 116 valence electrons. The average Bonchev–Trinajstić information content (AvgIpc) is 2.89. The van der Waals surface area contributed by atoms with Crippen LogP contribution in [0.15, 0.2) is 0 Å². The van der Waals surface area contributed by atoms with Crippen LogP contribution < -0.4 is 10.6 Å². The van der Waals surface area contributed by atoms with Crippen molar-refractivity contribution in [1.29, 1.82) is 0 Å². The van der Waals surface area contributed by atoms with Crippen molar-refractivity contribution in [3.05, 3.63) is 0 Å². The lowest BCUT2D eigenvalue weighted by molar-refractivity contribution is -0.144. The molecule has 20 heavy (non-hydrogen) atoms. The maximum atomic E-state index is 11.9. The lowest BCUT2D eigenvalue weighted by Gasteiger charge is -2.28. The Hall–Kier alpha value is -1.30.